The molecule has 2 aromatic carbocycles. The van der Waals surface area contributed by atoms with Crippen LogP contribution in [-0.2, 0) is 21.2 Å². The molecule has 0 spiro atoms. The second kappa shape index (κ2) is 8.88. The molecule has 31 heavy (non-hydrogen) atoms. The summed E-state index contributed by atoms with van der Waals surface area (Å²) in [5.74, 6) is -1.14. The first-order valence-electron chi connectivity index (χ1n) is 9.16. The molecule has 3 aromatic rings. The molecule has 0 aliphatic rings. The predicted molar refractivity (Wildman–Crippen MR) is 110 cm³/mol. The molecule has 3 rings (SSSR count). The third-order valence-electron chi connectivity index (χ3n) is 4.64. The van der Waals surface area contributed by atoms with Crippen molar-refractivity contribution in [3.8, 4) is 28.0 Å². The summed E-state index contributed by atoms with van der Waals surface area (Å²) in [5, 5.41) is 14.6. The fourth-order valence-electron chi connectivity index (χ4n) is 3.21. The fraction of sp³-hybridized carbons (Fsp3) is 0.190. The molecule has 1 heterocycles. The highest BCUT2D eigenvalue weighted by atomic mass is 32.2. The number of methoxy groups -OCH3 is 1. The first-order chi connectivity index (χ1) is 14.6. The molecular weight excluding hydrogens is 427 g/mol. The highest BCUT2D eigenvalue weighted by molar-refractivity contribution is 7.89. The van der Waals surface area contributed by atoms with Gasteiger partial charge in [-0.1, -0.05) is 36.4 Å². The molecule has 8 nitrogen and oxygen atoms in total. The van der Waals surface area contributed by atoms with Crippen LogP contribution in [0.15, 0.2) is 58.0 Å². The van der Waals surface area contributed by atoms with E-state index in [2.05, 4.69) is 0 Å². The molecule has 0 unspecified atom stereocenters. The lowest BCUT2D eigenvalue weighted by atomic mass is 9.95. The van der Waals surface area contributed by atoms with Crippen molar-refractivity contribution < 1.29 is 32.0 Å². The molecule has 0 saturated heterocycles. The number of carbonyl (C=O) groups is 1. The van der Waals surface area contributed by atoms with Crippen LogP contribution in [0, 0.1) is 5.82 Å². The number of hydrogen-bond donors (Lipinski definition) is 2. The van der Waals surface area contributed by atoms with Gasteiger partial charge >= 0.3 is 0 Å². The van der Waals surface area contributed by atoms with Gasteiger partial charge in [0.1, 0.15) is 5.76 Å². The van der Waals surface area contributed by atoms with Crippen molar-refractivity contribution in [2.45, 2.75) is 17.9 Å². The SMILES string of the molecule is COc1ccc(-c2c(S(N)(=O)=O)oc(CCC(=O)N(C)O)c2-c2ccccc2)cc1F. The van der Waals surface area contributed by atoms with Gasteiger partial charge in [-0.3, -0.25) is 10.0 Å². The second-order valence-electron chi connectivity index (χ2n) is 6.74. The molecule has 10 heteroatoms. The zero-order chi connectivity index (χ0) is 22.8. The number of halogens is 1. The highest BCUT2D eigenvalue weighted by Crippen LogP contribution is 2.43. The lowest BCUT2D eigenvalue weighted by Crippen LogP contribution is -2.22. The van der Waals surface area contributed by atoms with Crippen molar-refractivity contribution in [3.63, 3.8) is 0 Å². The van der Waals surface area contributed by atoms with E-state index in [4.69, 9.17) is 14.3 Å². The van der Waals surface area contributed by atoms with Crippen LogP contribution in [0.2, 0.25) is 0 Å². The molecule has 0 bridgehead atoms. The minimum absolute atomic E-state index is 0.0116. The van der Waals surface area contributed by atoms with Crippen LogP contribution < -0.4 is 9.88 Å². The Balaban J connectivity index is 2.28. The van der Waals surface area contributed by atoms with E-state index in [1.54, 1.807) is 30.3 Å². The van der Waals surface area contributed by atoms with E-state index >= 15 is 0 Å². The summed E-state index contributed by atoms with van der Waals surface area (Å²) in [4.78, 5) is 11.9. The summed E-state index contributed by atoms with van der Waals surface area (Å²) < 4.78 is 49.7. The minimum Gasteiger partial charge on any atom is -0.494 e. The topological polar surface area (TPSA) is 123 Å². The second-order valence-corrected chi connectivity index (χ2v) is 8.20. The van der Waals surface area contributed by atoms with Crippen LogP contribution in [-0.4, -0.2) is 38.8 Å². The number of furan rings is 1. The van der Waals surface area contributed by atoms with Gasteiger partial charge in [-0.05, 0) is 23.3 Å². The van der Waals surface area contributed by atoms with Crippen molar-refractivity contribution in [3.05, 3.63) is 60.1 Å². The van der Waals surface area contributed by atoms with Crippen LogP contribution in [0.3, 0.4) is 0 Å². The van der Waals surface area contributed by atoms with Crippen molar-refractivity contribution in [1.82, 2.24) is 5.06 Å². The monoisotopic (exact) mass is 448 g/mol. The molecule has 3 N–H and O–H groups in total. The molecular formula is C21H21FN2O6S. The van der Waals surface area contributed by atoms with Gasteiger partial charge in [-0.25, -0.2) is 23.0 Å². The lowest BCUT2D eigenvalue weighted by molar-refractivity contribution is -0.159. The minimum atomic E-state index is -4.34. The predicted octanol–water partition coefficient (Wildman–Crippen LogP) is 3.19. The number of sulfonamides is 1. The van der Waals surface area contributed by atoms with E-state index in [0.717, 1.165) is 6.07 Å². The molecule has 1 aromatic heterocycles. The maximum absolute atomic E-state index is 14.4. The van der Waals surface area contributed by atoms with Crippen molar-refractivity contribution >= 4 is 15.9 Å². The largest absolute Gasteiger partial charge is 0.494 e. The number of benzene rings is 2. The normalized spacial score (nSPS) is 11.4. The van der Waals surface area contributed by atoms with E-state index in [9.17, 15) is 22.8 Å². The van der Waals surface area contributed by atoms with Crippen LogP contribution in [0.4, 0.5) is 4.39 Å². The fourth-order valence-corrected chi connectivity index (χ4v) is 3.93. The average molecular weight is 448 g/mol. The molecule has 0 saturated carbocycles. The molecule has 164 valence electrons. The number of rotatable bonds is 7. The van der Waals surface area contributed by atoms with Crippen LogP contribution >= 0.6 is 0 Å². The summed E-state index contributed by atoms with van der Waals surface area (Å²) in [7, 11) is -1.84. The zero-order valence-corrected chi connectivity index (χ0v) is 17.6. The van der Waals surface area contributed by atoms with Gasteiger partial charge in [0.2, 0.25) is 11.0 Å². The Bertz CT molecular complexity index is 1210. The number of hydrogen-bond acceptors (Lipinski definition) is 6. The first kappa shape index (κ1) is 22.5. The van der Waals surface area contributed by atoms with E-state index < -0.39 is 26.8 Å². The highest BCUT2D eigenvalue weighted by Gasteiger charge is 2.29. The number of carbonyl (C=O) groups excluding carboxylic acids is 1. The number of nitrogens with two attached hydrogens (primary N) is 1. The summed E-state index contributed by atoms with van der Waals surface area (Å²) >= 11 is 0. The standard InChI is InChI=1S/C21H21FN2O6S/c1-24(26)18(25)11-10-17-19(13-6-4-3-5-7-13)20(21(30-17)31(23,27)28)14-8-9-16(29-2)15(22)12-14/h3-9,12,26H,10-11H2,1-2H3,(H2,23,27,28). The number of aryl methyl sites for hydroxylation is 1. The van der Waals surface area contributed by atoms with Crippen molar-refractivity contribution in [1.29, 1.82) is 0 Å². The van der Waals surface area contributed by atoms with E-state index in [1.165, 1.54) is 26.3 Å². The molecule has 0 aliphatic carbocycles. The zero-order valence-electron chi connectivity index (χ0n) is 16.8. The van der Waals surface area contributed by atoms with Crippen LogP contribution in [0.25, 0.3) is 22.3 Å². The van der Waals surface area contributed by atoms with Gasteiger partial charge in [0.05, 0.1) is 7.11 Å². The van der Waals surface area contributed by atoms with E-state index in [0.29, 0.717) is 16.2 Å². The van der Waals surface area contributed by atoms with Crippen LogP contribution in [0.5, 0.6) is 5.75 Å². The Morgan fingerprint density at radius 3 is 2.39 bits per heavy atom. The van der Waals surface area contributed by atoms with Crippen LogP contribution in [0.1, 0.15) is 12.2 Å². The van der Waals surface area contributed by atoms with Gasteiger partial charge in [0.15, 0.2) is 11.6 Å². The lowest BCUT2D eigenvalue weighted by Gasteiger charge is -2.10. The number of nitrogens with zero attached hydrogens (tertiary/aromatic N) is 1. The Hall–Kier alpha value is -3.21. The smallest absolute Gasteiger partial charge is 0.272 e. The number of amides is 1. The van der Waals surface area contributed by atoms with E-state index in [-0.39, 0.29) is 35.5 Å². The third-order valence-corrected chi connectivity index (χ3v) is 5.44. The molecule has 0 aliphatic heterocycles. The summed E-state index contributed by atoms with van der Waals surface area (Å²) in [6, 6.07) is 12.7. The maximum atomic E-state index is 14.4. The van der Waals surface area contributed by atoms with Crippen molar-refractivity contribution in [2.24, 2.45) is 5.14 Å². The molecule has 0 atom stereocenters. The Morgan fingerprint density at radius 1 is 1.16 bits per heavy atom. The molecule has 0 fully saturated rings. The van der Waals surface area contributed by atoms with Gasteiger partial charge in [0, 0.05) is 31.0 Å². The summed E-state index contributed by atoms with van der Waals surface area (Å²) in [5.41, 5.74) is 1.24. The summed E-state index contributed by atoms with van der Waals surface area (Å²) in [6.45, 7) is 0. The number of primary sulfonamides is 1. The first-order valence-corrected chi connectivity index (χ1v) is 10.7. The Kier molecular flexibility index (Phi) is 6.44. The van der Waals surface area contributed by atoms with E-state index in [1.807, 2.05) is 0 Å². The van der Waals surface area contributed by atoms with Gasteiger partial charge in [-0.2, -0.15) is 0 Å². The average Bonchev–Trinajstić information content (AvgIpc) is 3.12. The summed E-state index contributed by atoms with van der Waals surface area (Å²) in [6.07, 6.45) is -0.171. The molecule has 0 radical (unpaired) electrons. The Labute approximate surface area is 178 Å². The van der Waals surface area contributed by atoms with Crippen molar-refractivity contribution in [2.75, 3.05) is 14.2 Å². The number of hydroxylamine groups is 2. The van der Waals surface area contributed by atoms with Gasteiger partial charge in [0.25, 0.3) is 10.0 Å². The van der Waals surface area contributed by atoms with Gasteiger partial charge in [-0.15, -0.1) is 0 Å². The molecule has 1 amide bonds. The quantitative estimate of drug-likeness (QED) is 0.423. The third kappa shape index (κ3) is 4.76. The Morgan fingerprint density at radius 2 is 1.84 bits per heavy atom. The number of ether oxygens (including phenoxy) is 1. The maximum Gasteiger partial charge on any atom is 0.272 e. The van der Waals surface area contributed by atoms with Gasteiger partial charge < -0.3 is 9.15 Å².